The number of hydrogen-bond acceptors (Lipinski definition) is 4. The third-order valence-corrected chi connectivity index (χ3v) is 2.08. The van der Waals surface area contributed by atoms with E-state index in [4.69, 9.17) is 5.11 Å². The minimum Gasteiger partial charge on any atom is -0.480 e. The zero-order valence-corrected chi connectivity index (χ0v) is 9.67. The van der Waals surface area contributed by atoms with E-state index in [9.17, 15) is 22.8 Å². The van der Waals surface area contributed by atoms with Crippen LogP contribution >= 0.6 is 0 Å². The first-order valence-corrected chi connectivity index (χ1v) is 5.18. The van der Waals surface area contributed by atoms with Crippen LogP contribution in [-0.4, -0.2) is 56.1 Å². The van der Waals surface area contributed by atoms with Crippen LogP contribution in [0.2, 0.25) is 0 Å². The molecule has 106 valence electrons. The van der Waals surface area contributed by atoms with E-state index in [1.165, 1.54) is 17.1 Å². The molecule has 0 aliphatic rings. The SMILES string of the molecule is O=C(O)CN(CC(F)(F)F)C(=O)CCn1ccnn1. The Morgan fingerprint density at radius 1 is 1.37 bits per heavy atom. The molecular formula is C9H11F3N4O3. The molecule has 0 spiro atoms. The number of hydrogen-bond donors (Lipinski definition) is 1. The summed E-state index contributed by atoms with van der Waals surface area (Å²) < 4.78 is 37.9. The molecule has 19 heavy (non-hydrogen) atoms. The monoisotopic (exact) mass is 280 g/mol. The first-order valence-electron chi connectivity index (χ1n) is 5.18. The number of alkyl halides is 3. The van der Waals surface area contributed by atoms with Crippen LogP contribution in [0.15, 0.2) is 12.4 Å². The molecule has 10 heteroatoms. The van der Waals surface area contributed by atoms with Crippen LogP contribution in [0.5, 0.6) is 0 Å². The quantitative estimate of drug-likeness (QED) is 0.801. The van der Waals surface area contributed by atoms with Crippen LogP contribution in [0.3, 0.4) is 0 Å². The van der Waals surface area contributed by atoms with E-state index in [0.29, 0.717) is 0 Å². The lowest BCUT2D eigenvalue weighted by Crippen LogP contribution is -2.42. The number of carboxylic acid groups (broad SMARTS) is 1. The maximum Gasteiger partial charge on any atom is 0.406 e. The first kappa shape index (κ1) is 14.9. The Morgan fingerprint density at radius 2 is 2.05 bits per heavy atom. The Kier molecular flexibility index (Phi) is 4.84. The molecular weight excluding hydrogens is 269 g/mol. The fourth-order valence-corrected chi connectivity index (χ4v) is 1.33. The van der Waals surface area contributed by atoms with Gasteiger partial charge in [-0.2, -0.15) is 13.2 Å². The van der Waals surface area contributed by atoms with Crippen LogP contribution in [0, 0.1) is 0 Å². The molecule has 0 aromatic carbocycles. The highest BCUT2D eigenvalue weighted by molar-refractivity contribution is 5.81. The highest BCUT2D eigenvalue weighted by atomic mass is 19.4. The highest BCUT2D eigenvalue weighted by Crippen LogP contribution is 2.17. The number of aliphatic carboxylic acids is 1. The summed E-state index contributed by atoms with van der Waals surface area (Å²) in [5, 5.41) is 15.5. The predicted octanol–water partition coefficient (Wildman–Crippen LogP) is 0.144. The van der Waals surface area contributed by atoms with E-state index >= 15 is 0 Å². The van der Waals surface area contributed by atoms with Crippen molar-refractivity contribution < 1.29 is 27.9 Å². The number of carbonyl (C=O) groups is 2. The first-order chi connectivity index (χ1) is 8.78. The molecule has 1 heterocycles. The van der Waals surface area contributed by atoms with Gasteiger partial charge >= 0.3 is 12.1 Å². The van der Waals surface area contributed by atoms with Crippen LogP contribution in [0.25, 0.3) is 0 Å². The van der Waals surface area contributed by atoms with Crippen molar-refractivity contribution in [3.05, 3.63) is 12.4 Å². The van der Waals surface area contributed by atoms with Gasteiger partial charge < -0.3 is 10.0 Å². The van der Waals surface area contributed by atoms with E-state index in [2.05, 4.69) is 10.3 Å². The third-order valence-electron chi connectivity index (χ3n) is 2.08. The molecule has 0 aliphatic heterocycles. The van der Waals surface area contributed by atoms with Gasteiger partial charge in [0, 0.05) is 12.6 Å². The van der Waals surface area contributed by atoms with Crippen molar-refractivity contribution in [1.29, 1.82) is 0 Å². The van der Waals surface area contributed by atoms with Gasteiger partial charge in [0.2, 0.25) is 5.91 Å². The summed E-state index contributed by atoms with van der Waals surface area (Å²) in [6.45, 7) is -2.54. The molecule has 1 rings (SSSR count). The molecule has 1 amide bonds. The summed E-state index contributed by atoms with van der Waals surface area (Å²) in [5.41, 5.74) is 0. The van der Waals surface area contributed by atoms with Gasteiger partial charge in [0.25, 0.3) is 0 Å². The van der Waals surface area contributed by atoms with Crippen molar-refractivity contribution in [2.75, 3.05) is 13.1 Å². The second kappa shape index (κ2) is 6.16. The number of aromatic nitrogens is 3. The van der Waals surface area contributed by atoms with Crippen molar-refractivity contribution in [2.24, 2.45) is 0 Å². The minimum absolute atomic E-state index is 0.0345. The molecule has 0 atom stereocenters. The Labute approximate surface area is 105 Å². The third kappa shape index (κ3) is 5.84. The minimum atomic E-state index is -4.64. The normalized spacial score (nSPS) is 11.3. The fraction of sp³-hybridized carbons (Fsp3) is 0.556. The highest BCUT2D eigenvalue weighted by Gasteiger charge is 2.33. The standard InChI is InChI=1S/C9H11F3N4O3/c10-9(11,12)6-15(5-8(18)19)7(17)1-3-16-4-2-13-14-16/h2,4H,1,3,5-6H2,(H,18,19). The van der Waals surface area contributed by atoms with Crippen LogP contribution in [0.1, 0.15) is 6.42 Å². The number of amides is 1. The van der Waals surface area contributed by atoms with Gasteiger partial charge in [-0.15, -0.1) is 5.10 Å². The lowest BCUT2D eigenvalue weighted by atomic mass is 10.3. The number of aryl methyl sites for hydroxylation is 1. The van der Waals surface area contributed by atoms with Crippen molar-refractivity contribution >= 4 is 11.9 Å². The average Bonchev–Trinajstić information content (AvgIpc) is 2.75. The Morgan fingerprint density at radius 3 is 2.53 bits per heavy atom. The maximum atomic E-state index is 12.2. The molecule has 0 saturated heterocycles. The summed E-state index contributed by atoms with van der Waals surface area (Å²) in [6, 6.07) is 0. The van der Waals surface area contributed by atoms with E-state index in [1.54, 1.807) is 0 Å². The number of rotatable bonds is 6. The predicted molar refractivity (Wildman–Crippen MR) is 54.9 cm³/mol. The molecule has 0 radical (unpaired) electrons. The summed E-state index contributed by atoms with van der Waals surface area (Å²) in [7, 11) is 0. The molecule has 1 aromatic heterocycles. The number of carbonyl (C=O) groups excluding carboxylic acids is 1. The lowest BCUT2D eigenvalue weighted by Gasteiger charge is -2.22. The smallest absolute Gasteiger partial charge is 0.406 e. The Bertz CT molecular complexity index is 432. The number of carboxylic acids is 1. The van der Waals surface area contributed by atoms with Gasteiger partial charge in [-0.3, -0.25) is 14.3 Å². The van der Waals surface area contributed by atoms with Gasteiger partial charge in [0.15, 0.2) is 0 Å². The molecule has 0 unspecified atom stereocenters. The van der Waals surface area contributed by atoms with Crippen molar-refractivity contribution in [3.8, 4) is 0 Å². The lowest BCUT2D eigenvalue weighted by molar-refractivity contribution is -0.165. The Hall–Kier alpha value is -2.13. The van der Waals surface area contributed by atoms with E-state index < -0.39 is 31.1 Å². The molecule has 0 bridgehead atoms. The van der Waals surface area contributed by atoms with Crippen LogP contribution in [-0.2, 0) is 16.1 Å². The van der Waals surface area contributed by atoms with Crippen LogP contribution < -0.4 is 0 Å². The van der Waals surface area contributed by atoms with Gasteiger partial charge in [0.05, 0.1) is 12.7 Å². The number of nitrogens with zero attached hydrogens (tertiary/aromatic N) is 4. The largest absolute Gasteiger partial charge is 0.480 e. The molecule has 0 aliphatic carbocycles. The molecule has 1 N–H and O–H groups in total. The molecule has 0 fully saturated rings. The summed E-state index contributed by atoms with van der Waals surface area (Å²) in [6.07, 6.45) is -2.13. The van der Waals surface area contributed by atoms with Crippen molar-refractivity contribution in [2.45, 2.75) is 19.1 Å². The summed E-state index contributed by atoms with van der Waals surface area (Å²) in [4.78, 5) is 22.2. The van der Waals surface area contributed by atoms with Crippen molar-refractivity contribution in [3.63, 3.8) is 0 Å². The Balaban J connectivity index is 2.57. The van der Waals surface area contributed by atoms with Gasteiger partial charge in [-0.05, 0) is 0 Å². The van der Waals surface area contributed by atoms with Gasteiger partial charge in [-0.1, -0.05) is 5.21 Å². The van der Waals surface area contributed by atoms with Gasteiger partial charge in [0.1, 0.15) is 13.1 Å². The molecule has 0 saturated carbocycles. The zero-order chi connectivity index (χ0) is 14.5. The summed E-state index contributed by atoms with van der Waals surface area (Å²) >= 11 is 0. The van der Waals surface area contributed by atoms with E-state index in [0.717, 1.165) is 0 Å². The van der Waals surface area contributed by atoms with Crippen molar-refractivity contribution in [1.82, 2.24) is 19.9 Å². The van der Waals surface area contributed by atoms with E-state index in [-0.39, 0.29) is 17.9 Å². The molecule has 7 nitrogen and oxygen atoms in total. The number of halogens is 3. The second-order valence-corrected chi connectivity index (χ2v) is 3.67. The average molecular weight is 280 g/mol. The molecule has 1 aromatic rings. The summed E-state index contributed by atoms with van der Waals surface area (Å²) in [5.74, 6) is -2.41. The maximum absolute atomic E-state index is 12.2. The zero-order valence-electron chi connectivity index (χ0n) is 9.67. The van der Waals surface area contributed by atoms with E-state index in [1.807, 2.05) is 0 Å². The van der Waals surface area contributed by atoms with Gasteiger partial charge in [-0.25, -0.2) is 0 Å². The fourth-order valence-electron chi connectivity index (χ4n) is 1.33. The van der Waals surface area contributed by atoms with Crippen LogP contribution in [0.4, 0.5) is 13.2 Å². The topological polar surface area (TPSA) is 88.3 Å². The second-order valence-electron chi connectivity index (χ2n) is 3.67.